The highest BCUT2D eigenvalue weighted by Gasteiger charge is 2.31. The van der Waals surface area contributed by atoms with E-state index in [9.17, 15) is 18.0 Å². The highest BCUT2D eigenvalue weighted by molar-refractivity contribution is 5.92. The summed E-state index contributed by atoms with van der Waals surface area (Å²) in [5.41, 5.74) is 0.961. The first kappa shape index (κ1) is 19.6. The molecule has 0 fully saturated rings. The molecule has 2 aromatic rings. The van der Waals surface area contributed by atoms with E-state index in [4.69, 9.17) is 4.74 Å². The van der Waals surface area contributed by atoms with Crippen molar-refractivity contribution in [3.05, 3.63) is 53.9 Å². The van der Waals surface area contributed by atoms with Gasteiger partial charge in [0.15, 0.2) is 0 Å². The topological polar surface area (TPSA) is 60.5 Å². The summed E-state index contributed by atoms with van der Waals surface area (Å²) < 4.78 is 45.9. The normalized spacial score (nSPS) is 11.3. The van der Waals surface area contributed by atoms with Crippen molar-refractivity contribution in [3.8, 4) is 11.5 Å². The Kier molecular flexibility index (Phi) is 6.43. The Bertz CT molecular complexity index is 731. The second kappa shape index (κ2) is 8.55. The summed E-state index contributed by atoms with van der Waals surface area (Å²) in [6.45, 7) is 4.63. The maximum Gasteiger partial charge on any atom is 0.573 e. The Hall–Kier alpha value is -2.77. The van der Waals surface area contributed by atoms with E-state index in [0.29, 0.717) is 18.0 Å². The molecule has 8 heteroatoms. The van der Waals surface area contributed by atoms with Gasteiger partial charge in [-0.15, -0.1) is 13.2 Å². The Morgan fingerprint density at radius 3 is 2.54 bits per heavy atom. The van der Waals surface area contributed by atoms with Crippen LogP contribution in [0.4, 0.5) is 13.2 Å². The number of pyridine rings is 1. The lowest BCUT2D eigenvalue weighted by atomic mass is 10.2. The first-order valence-corrected chi connectivity index (χ1v) is 7.94. The van der Waals surface area contributed by atoms with Gasteiger partial charge in [-0.25, -0.2) is 0 Å². The monoisotopic (exact) mass is 368 g/mol. The molecule has 0 unspecified atom stereocenters. The van der Waals surface area contributed by atoms with Crippen LogP contribution >= 0.6 is 0 Å². The van der Waals surface area contributed by atoms with Crippen LogP contribution in [0.15, 0.2) is 42.6 Å². The fraction of sp³-hybridized carbons (Fsp3) is 0.333. The number of alkyl halides is 3. The molecular formula is C18H19F3N2O3. The van der Waals surface area contributed by atoms with Crippen LogP contribution in [0.1, 0.15) is 29.9 Å². The summed E-state index contributed by atoms with van der Waals surface area (Å²) in [6, 6.07) is 8.49. The minimum atomic E-state index is -4.76. The third-order valence-electron chi connectivity index (χ3n) is 3.17. The molecule has 1 heterocycles. The zero-order valence-electron chi connectivity index (χ0n) is 14.3. The van der Waals surface area contributed by atoms with Gasteiger partial charge in [0.2, 0.25) is 0 Å². The molecule has 0 saturated heterocycles. The van der Waals surface area contributed by atoms with Gasteiger partial charge in [-0.05, 0) is 24.1 Å². The fourth-order valence-electron chi connectivity index (χ4n) is 1.96. The van der Waals surface area contributed by atoms with Crippen molar-refractivity contribution in [3.63, 3.8) is 0 Å². The molecule has 1 N–H and O–H groups in total. The molecule has 1 aromatic heterocycles. The molecule has 0 saturated carbocycles. The molecule has 26 heavy (non-hydrogen) atoms. The number of benzene rings is 1. The second-order valence-electron chi connectivity index (χ2n) is 5.97. The fourth-order valence-corrected chi connectivity index (χ4v) is 1.96. The van der Waals surface area contributed by atoms with Gasteiger partial charge in [0.1, 0.15) is 23.8 Å². The first-order valence-electron chi connectivity index (χ1n) is 7.94. The van der Waals surface area contributed by atoms with E-state index in [2.05, 4.69) is 15.0 Å². The number of amides is 1. The lowest BCUT2D eigenvalue weighted by Gasteiger charge is -2.11. The zero-order chi connectivity index (χ0) is 19.2. The molecule has 140 valence electrons. The number of nitrogens with zero attached hydrogens (tertiary/aromatic N) is 1. The largest absolute Gasteiger partial charge is 0.573 e. The molecule has 0 bridgehead atoms. The Morgan fingerprint density at radius 1 is 1.19 bits per heavy atom. The molecule has 0 aliphatic heterocycles. The number of ether oxygens (including phenoxy) is 2. The van der Waals surface area contributed by atoms with Gasteiger partial charge in [-0.2, -0.15) is 0 Å². The van der Waals surface area contributed by atoms with Gasteiger partial charge in [0.25, 0.3) is 5.91 Å². The van der Waals surface area contributed by atoms with E-state index in [1.807, 2.05) is 13.8 Å². The van der Waals surface area contributed by atoms with E-state index in [1.54, 1.807) is 12.1 Å². The molecular weight excluding hydrogens is 349 g/mol. The lowest BCUT2D eigenvalue weighted by molar-refractivity contribution is -0.274. The summed E-state index contributed by atoms with van der Waals surface area (Å²) in [7, 11) is 0. The number of halogens is 3. The summed E-state index contributed by atoms with van der Waals surface area (Å²) in [5.74, 6) is -0.0531. The summed E-state index contributed by atoms with van der Waals surface area (Å²) in [6.07, 6.45) is -3.27. The molecule has 0 aliphatic carbocycles. The van der Waals surface area contributed by atoms with Crippen LogP contribution in [-0.2, 0) is 6.61 Å². The van der Waals surface area contributed by atoms with Gasteiger partial charge in [-0.1, -0.05) is 26.0 Å². The van der Waals surface area contributed by atoms with Crippen LogP contribution in [0.25, 0.3) is 0 Å². The number of nitrogens with one attached hydrogen (secondary N) is 1. The van der Waals surface area contributed by atoms with Crippen molar-refractivity contribution in [2.45, 2.75) is 26.8 Å². The number of rotatable bonds is 7. The van der Waals surface area contributed by atoms with Gasteiger partial charge >= 0.3 is 6.36 Å². The Morgan fingerprint density at radius 2 is 1.92 bits per heavy atom. The number of hydrogen-bond acceptors (Lipinski definition) is 4. The zero-order valence-corrected chi connectivity index (χ0v) is 14.3. The molecule has 0 aliphatic rings. The standard InChI is InChI=1S/C18H19F3N2O3/c1-12(2)9-23-17(24)16-7-6-13(10-22-16)11-25-14-4-3-5-15(8-14)26-18(19,20)21/h3-8,10,12H,9,11H2,1-2H3,(H,23,24). The molecule has 0 atom stereocenters. The third-order valence-corrected chi connectivity index (χ3v) is 3.17. The molecule has 0 spiro atoms. The molecule has 1 aromatic carbocycles. The van der Waals surface area contributed by atoms with Gasteiger partial charge in [0, 0.05) is 24.4 Å². The van der Waals surface area contributed by atoms with Crippen molar-refractivity contribution >= 4 is 5.91 Å². The van der Waals surface area contributed by atoms with Gasteiger partial charge in [-0.3, -0.25) is 9.78 Å². The van der Waals surface area contributed by atoms with Crippen LogP contribution in [0.2, 0.25) is 0 Å². The van der Waals surface area contributed by atoms with E-state index >= 15 is 0 Å². The smallest absolute Gasteiger partial charge is 0.489 e. The highest BCUT2D eigenvalue weighted by atomic mass is 19.4. The number of hydrogen-bond donors (Lipinski definition) is 1. The van der Waals surface area contributed by atoms with Crippen molar-refractivity contribution in [1.82, 2.24) is 10.3 Å². The Labute approximate surface area is 149 Å². The molecule has 1 amide bonds. The predicted molar refractivity (Wildman–Crippen MR) is 88.9 cm³/mol. The maximum atomic E-state index is 12.2. The second-order valence-corrected chi connectivity index (χ2v) is 5.97. The van der Waals surface area contributed by atoms with Crippen molar-refractivity contribution < 1.29 is 27.4 Å². The first-order chi connectivity index (χ1) is 12.2. The quantitative estimate of drug-likeness (QED) is 0.804. The SMILES string of the molecule is CC(C)CNC(=O)c1ccc(COc2cccc(OC(F)(F)F)c2)cn1. The summed E-state index contributed by atoms with van der Waals surface area (Å²) >= 11 is 0. The lowest BCUT2D eigenvalue weighted by Crippen LogP contribution is -2.28. The molecule has 2 rings (SSSR count). The van der Waals surface area contributed by atoms with Crippen LogP contribution in [0.5, 0.6) is 11.5 Å². The number of carbonyl (C=O) groups is 1. The minimum Gasteiger partial charge on any atom is -0.489 e. The van der Waals surface area contributed by atoms with E-state index < -0.39 is 6.36 Å². The van der Waals surface area contributed by atoms with E-state index in [-0.39, 0.29) is 29.7 Å². The van der Waals surface area contributed by atoms with Crippen LogP contribution in [0, 0.1) is 5.92 Å². The number of aromatic nitrogens is 1. The molecule has 5 nitrogen and oxygen atoms in total. The van der Waals surface area contributed by atoms with Crippen molar-refractivity contribution in [1.29, 1.82) is 0 Å². The van der Waals surface area contributed by atoms with E-state index in [0.717, 1.165) is 6.07 Å². The average Bonchev–Trinajstić information content (AvgIpc) is 2.57. The number of carbonyl (C=O) groups excluding carboxylic acids is 1. The third kappa shape index (κ3) is 6.62. The predicted octanol–water partition coefficient (Wildman–Crippen LogP) is 3.95. The van der Waals surface area contributed by atoms with Crippen molar-refractivity contribution in [2.24, 2.45) is 5.92 Å². The highest BCUT2D eigenvalue weighted by Crippen LogP contribution is 2.26. The van der Waals surface area contributed by atoms with Crippen LogP contribution in [-0.4, -0.2) is 23.8 Å². The maximum absolute atomic E-state index is 12.2. The molecule has 0 radical (unpaired) electrons. The summed E-state index contributed by atoms with van der Waals surface area (Å²) in [4.78, 5) is 16.0. The summed E-state index contributed by atoms with van der Waals surface area (Å²) in [5, 5.41) is 2.76. The van der Waals surface area contributed by atoms with E-state index in [1.165, 1.54) is 24.4 Å². The minimum absolute atomic E-state index is 0.0936. The van der Waals surface area contributed by atoms with Crippen LogP contribution < -0.4 is 14.8 Å². The van der Waals surface area contributed by atoms with Gasteiger partial charge < -0.3 is 14.8 Å². The Balaban J connectivity index is 1.92. The van der Waals surface area contributed by atoms with Gasteiger partial charge in [0.05, 0.1) is 0 Å². The van der Waals surface area contributed by atoms with Crippen LogP contribution in [0.3, 0.4) is 0 Å². The van der Waals surface area contributed by atoms with Crippen molar-refractivity contribution in [2.75, 3.05) is 6.54 Å². The average molecular weight is 368 g/mol.